The second-order valence-corrected chi connectivity index (χ2v) is 5.80. The molecule has 0 aliphatic carbocycles. The zero-order valence-corrected chi connectivity index (χ0v) is 14.0. The van der Waals surface area contributed by atoms with E-state index in [1.807, 2.05) is 18.2 Å². The summed E-state index contributed by atoms with van der Waals surface area (Å²) >= 11 is 12.0. The van der Waals surface area contributed by atoms with Crippen molar-refractivity contribution in [3.63, 3.8) is 0 Å². The fourth-order valence-electron chi connectivity index (χ4n) is 2.04. The first-order chi connectivity index (χ1) is 10.5. The van der Waals surface area contributed by atoms with Crippen LogP contribution < -0.4 is 10.6 Å². The van der Waals surface area contributed by atoms with Gasteiger partial charge in [0.05, 0.1) is 15.7 Å². The average molecular weight is 337 g/mol. The number of nitrogens with one attached hydrogen (secondary N) is 2. The predicted molar refractivity (Wildman–Crippen MR) is 94.0 cm³/mol. The van der Waals surface area contributed by atoms with Crippen LogP contribution in [0.15, 0.2) is 42.5 Å². The van der Waals surface area contributed by atoms with Gasteiger partial charge in [0.15, 0.2) is 0 Å². The number of aryl methyl sites for hydroxylation is 1. The standard InChI is InChI=1S/C17H18Cl2N2O/c1-3-12-6-4-7-13(10-12)20-11(2)17(22)21-15-9-5-8-14(18)16(15)19/h4-11,20H,3H2,1-2H3,(H,21,22). The summed E-state index contributed by atoms with van der Waals surface area (Å²) in [5, 5.41) is 6.72. The van der Waals surface area contributed by atoms with Gasteiger partial charge in [0.25, 0.3) is 0 Å². The van der Waals surface area contributed by atoms with Crippen LogP contribution in [-0.2, 0) is 11.2 Å². The number of anilines is 2. The van der Waals surface area contributed by atoms with Crippen molar-refractivity contribution in [2.24, 2.45) is 0 Å². The van der Waals surface area contributed by atoms with Crippen LogP contribution in [0.1, 0.15) is 19.4 Å². The van der Waals surface area contributed by atoms with Gasteiger partial charge in [-0.05, 0) is 43.2 Å². The summed E-state index contributed by atoms with van der Waals surface area (Å²) in [7, 11) is 0. The second-order valence-electron chi connectivity index (χ2n) is 5.01. The second kappa shape index (κ2) is 7.52. The van der Waals surface area contributed by atoms with Crippen LogP contribution in [0.3, 0.4) is 0 Å². The van der Waals surface area contributed by atoms with Crippen molar-refractivity contribution in [3.8, 4) is 0 Å². The lowest BCUT2D eigenvalue weighted by atomic mass is 10.1. The van der Waals surface area contributed by atoms with Gasteiger partial charge in [0.2, 0.25) is 5.91 Å². The van der Waals surface area contributed by atoms with Crippen molar-refractivity contribution in [1.82, 2.24) is 0 Å². The maximum atomic E-state index is 12.3. The fraction of sp³-hybridized carbons (Fsp3) is 0.235. The molecule has 0 saturated heterocycles. The Kier molecular flexibility index (Phi) is 5.69. The van der Waals surface area contributed by atoms with Gasteiger partial charge in [0.1, 0.15) is 6.04 Å². The van der Waals surface area contributed by atoms with E-state index in [9.17, 15) is 4.79 Å². The maximum Gasteiger partial charge on any atom is 0.246 e. The third kappa shape index (κ3) is 4.15. The summed E-state index contributed by atoms with van der Waals surface area (Å²) in [6.45, 7) is 3.89. The molecule has 2 aromatic carbocycles. The number of carbonyl (C=O) groups excluding carboxylic acids is 1. The summed E-state index contributed by atoms with van der Waals surface area (Å²) in [4.78, 5) is 12.3. The van der Waals surface area contributed by atoms with Crippen LogP contribution in [0.5, 0.6) is 0 Å². The minimum atomic E-state index is -0.401. The van der Waals surface area contributed by atoms with Crippen LogP contribution in [0, 0.1) is 0 Å². The normalized spacial score (nSPS) is 11.8. The van der Waals surface area contributed by atoms with E-state index in [0.29, 0.717) is 15.7 Å². The predicted octanol–water partition coefficient (Wildman–Crippen LogP) is 4.99. The Morgan fingerprint density at radius 2 is 1.91 bits per heavy atom. The number of hydrogen-bond acceptors (Lipinski definition) is 2. The minimum absolute atomic E-state index is 0.175. The fourth-order valence-corrected chi connectivity index (χ4v) is 2.39. The molecule has 2 rings (SSSR count). The number of amides is 1. The molecule has 2 N–H and O–H groups in total. The molecule has 2 aromatic rings. The Morgan fingerprint density at radius 3 is 2.64 bits per heavy atom. The lowest BCUT2D eigenvalue weighted by Crippen LogP contribution is -2.32. The zero-order valence-electron chi connectivity index (χ0n) is 12.5. The third-order valence-electron chi connectivity index (χ3n) is 3.32. The zero-order chi connectivity index (χ0) is 16.1. The first kappa shape index (κ1) is 16.7. The van der Waals surface area contributed by atoms with Gasteiger partial charge >= 0.3 is 0 Å². The van der Waals surface area contributed by atoms with Crippen molar-refractivity contribution in [2.45, 2.75) is 26.3 Å². The van der Waals surface area contributed by atoms with Gasteiger partial charge < -0.3 is 10.6 Å². The van der Waals surface area contributed by atoms with Crippen molar-refractivity contribution in [1.29, 1.82) is 0 Å². The first-order valence-electron chi connectivity index (χ1n) is 7.11. The van der Waals surface area contributed by atoms with Gasteiger partial charge in [-0.3, -0.25) is 4.79 Å². The Morgan fingerprint density at radius 1 is 1.18 bits per heavy atom. The van der Waals surface area contributed by atoms with E-state index in [1.165, 1.54) is 5.56 Å². The number of benzene rings is 2. The minimum Gasteiger partial charge on any atom is -0.374 e. The summed E-state index contributed by atoms with van der Waals surface area (Å²) in [5.74, 6) is -0.175. The topological polar surface area (TPSA) is 41.1 Å². The smallest absolute Gasteiger partial charge is 0.246 e. The molecular weight excluding hydrogens is 319 g/mol. The Labute approximate surface area is 140 Å². The Hall–Kier alpha value is -1.71. The van der Waals surface area contributed by atoms with Crippen LogP contribution in [0.2, 0.25) is 10.0 Å². The van der Waals surface area contributed by atoms with E-state index in [-0.39, 0.29) is 5.91 Å². The van der Waals surface area contributed by atoms with Crippen molar-refractivity contribution >= 4 is 40.5 Å². The Bertz CT molecular complexity index is 673. The van der Waals surface area contributed by atoms with Crippen LogP contribution in [0.4, 0.5) is 11.4 Å². The van der Waals surface area contributed by atoms with Crippen LogP contribution in [0.25, 0.3) is 0 Å². The van der Waals surface area contributed by atoms with Gasteiger partial charge in [-0.25, -0.2) is 0 Å². The average Bonchev–Trinajstić information content (AvgIpc) is 2.52. The highest BCUT2D eigenvalue weighted by Crippen LogP contribution is 2.29. The molecule has 116 valence electrons. The van der Waals surface area contributed by atoms with Crippen LogP contribution >= 0.6 is 23.2 Å². The molecule has 0 radical (unpaired) electrons. The monoisotopic (exact) mass is 336 g/mol. The molecule has 0 saturated carbocycles. The molecule has 0 bridgehead atoms. The molecule has 1 atom stereocenters. The van der Waals surface area contributed by atoms with Gasteiger partial charge in [-0.15, -0.1) is 0 Å². The molecular formula is C17H18Cl2N2O. The lowest BCUT2D eigenvalue weighted by Gasteiger charge is -2.16. The largest absolute Gasteiger partial charge is 0.374 e. The van der Waals surface area contributed by atoms with Gasteiger partial charge in [-0.1, -0.05) is 48.3 Å². The van der Waals surface area contributed by atoms with E-state index in [4.69, 9.17) is 23.2 Å². The molecule has 5 heteroatoms. The molecule has 0 aliphatic heterocycles. The quantitative estimate of drug-likeness (QED) is 0.806. The highest BCUT2D eigenvalue weighted by atomic mass is 35.5. The van der Waals surface area contributed by atoms with Crippen molar-refractivity contribution in [3.05, 3.63) is 58.1 Å². The highest BCUT2D eigenvalue weighted by Gasteiger charge is 2.15. The molecule has 3 nitrogen and oxygen atoms in total. The lowest BCUT2D eigenvalue weighted by molar-refractivity contribution is -0.116. The van der Waals surface area contributed by atoms with Crippen molar-refractivity contribution in [2.75, 3.05) is 10.6 Å². The molecule has 0 aromatic heterocycles. The molecule has 0 fully saturated rings. The third-order valence-corrected chi connectivity index (χ3v) is 4.14. The summed E-state index contributed by atoms with van der Waals surface area (Å²) in [5.41, 5.74) is 2.64. The van der Waals surface area contributed by atoms with E-state index >= 15 is 0 Å². The molecule has 1 amide bonds. The maximum absolute atomic E-state index is 12.3. The number of carbonyl (C=O) groups is 1. The number of halogens is 2. The number of hydrogen-bond donors (Lipinski definition) is 2. The van der Waals surface area contributed by atoms with Gasteiger partial charge in [0, 0.05) is 5.69 Å². The summed E-state index contributed by atoms with van der Waals surface area (Å²) < 4.78 is 0. The SMILES string of the molecule is CCc1cccc(NC(C)C(=O)Nc2cccc(Cl)c2Cl)c1. The highest BCUT2D eigenvalue weighted by molar-refractivity contribution is 6.44. The van der Waals surface area contributed by atoms with E-state index in [2.05, 4.69) is 23.6 Å². The first-order valence-corrected chi connectivity index (χ1v) is 7.87. The number of rotatable bonds is 5. The van der Waals surface area contributed by atoms with E-state index in [1.54, 1.807) is 25.1 Å². The summed E-state index contributed by atoms with van der Waals surface area (Å²) in [6.07, 6.45) is 0.953. The molecule has 0 spiro atoms. The molecule has 0 heterocycles. The Balaban J connectivity index is 2.04. The van der Waals surface area contributed by atoms with E-state index < -0.39 is 6.04 Å². The molecule has 1 unspecified atom stereocenters. The van der Waals surface area contributed by atoms with Gasteiger partial charge in [-0.2, -0.15) is 0 Å². The summed E-state index contributed by atoms with van der Waals surface area (Å²) in [6, 6.07) is 12.7. The molecule has 22 heavy (non-hydrogen) atoms. The molecule has 0 aliphatic rings. The van der Waals surface area contributed by atoms with Crippen molar-refractivity contribution < 1.29 is 4.79 Å². The van der Waals surface area contributed by atoms with Crippen LogP contribution in [-0.4, -0.2) is 11.9 Å². The van der Waals surface area contributed by atoms with E-state index in [0.717, 1.165) is 12.1 Å².